The maximum atomic E-state index is 12.5. The third kappa shape index (κ3) is 7.19. The van der Waals surface area contributed by atoms with Crippen LogP contribution in [0.3, 0.4) is 0 Å². The summed E-state index contributed by atoms with van der Waals surface area (Å²) in [5.74, 6) is -0.793. The van der Waals surface area contributed by atoms with Crippen LogP contribution in [-0.4, -0.2) is 46.5 Å². The fourth-order valence-corrected chi connectivity index (χ4v) is 2.41. The zero-order valence-electron chi connectivity index (χ0n) is 17.5. The lowest BCUT2D eigenvalue weighted by molar-refractivity contribution is -0.154. The van der Waals surface area contributed by atoms with Gasteiger partial charge in [-0.3, -0.25) is 9.59 Å². The number of ketones is 1. The van der Waals surface area contributed by atoms with Gasteiger partial charge in [0.2, 0.25) is 0 Å². The summed E-state index contributed by atoms with van der Waals surface area (Å²) in [6.45, 7) is 3.69. The second-order valence-corrected chi connectivity index (χ2v) is 7.03. The van der Waals surface area contributed by atoms with Gasteiger partial charge in [0.15, 0.2) is 12.4 Å². The summed E-state index contributed by atoms with van der Waals surface area (Å²) in [5, 5.41) is 2.71. The first-order chi connectivity index (χ1) is 14.5. The third-order valence-electron chi connectivity index (χ3n) is 4.19. The second kappa shape index (κ2) is 10.2. The molecule has 1 N–H and O–H groups in total. The van der Waals surface area contributed by atoms with Crippen molar-refractivity contribution in [1.82, 2.24) is 20.3 Å². The molecule has 1 atom stereocenters. The molecule has 2 aromatic rings. The standard InChI is InChI=1S/C20H23F3N4O4/c1-11(2)15(28)8-17-24-6-5-14(27-17)18(29)26-12(3)13-7-16(30-4)19(25-9-13)31-10-20(21,22)23/h5-7,9,11-12H,8,10H2,1-4H3,(H,26,29). The van der Waals surface area contributed by atoms with Crippen LogP contribution in [0.4, 0.5) is 13.2 Å². The van der Waals surface area contributed by atoms with Gasteiger partial charge in [-0.05, 0) is 24.6 Å². The smallest absolute Gasteiger partial charge is 0.422 e. The van der Waals surface area contributed by atoms with Crippen molar-refractivity contribution in [2.45, 2.75) is 39.4 Å². The number of pyridine rings is 1. The number of ether oxygens (including phenoxy) is 2. The molecule has 0 aromatic carbocycles. The Labute approximate surface area is 177 Å². The molecule has 0 aliphatic carbocycles. The third-order valence-corrected chi connectivity index (χ3v) is 4.19. The van der Waals surface area contributed by atoms with Gasteiger partial charge in [0.1, 0.15) is 17.3 Å². The minimum Gasteiger partial charge on any atom is -0.491 e. The van der Waals surface area contributed by atoms with E-state index in [2.05, 4.69) is 25.0 Å². The molecule has 2 aromatic heterocycles. The molecular weight excluding hydrogens is 417 g/mol. The van der Waals surface area contributed by atoms with E-state index in [1.165, 1.54) is 31.6 Å². The number of halogens is 3. The van der Waals surface area contributed by atoms with Gasteiger partial charge >= 0.3 is 6.18 Å². The molecule has 1 amide bonds. The van der Waals surface area contributed by atoms with E-state index in [0.29, 0.717) is 5.56 Å². The average Bonchev–Trinajstić information content (AvgIpc) is 2.71. The summed E-state index contributed by atoms with van der Waals surface area (Å²) < 4.78 is 46.8. The van der Waals surface area contributed by atoms with Crippen molar-refractivity contribution >= 4 is 11.7 Å². The number of nitrogens with zero attached hydrogens (tertiary/aromatic N) is 3. The number of Topliss-reactive ketones (excluding diaryl/α,β-unsaturated/α-hetero) is 1. The molecule has 2 heterocycles. The molecule has 0 aliphatic rings. The molecule has 0 saturated carbocycles. The number of nitrogens with one attached hydrogen (secondary N) is 1. The van der Waals surface area contributed by atoms with E-state index in [0.717, 1.165) is 0 Å². The monoisotopic (exact) mass is 440 g/mol. The summed E-state index contributed by atoms with van der Waals surface area (Å²) in [6.07, 6.45) is -1.81. The Kier molecular flexibility index (Phi) is 7.89. The van der Waals surface area contributed by atoms with Gasteiger partial charge in [0.05, 0.1) is 19.6 Å². The van der Waals surface area contributed by atoms with Gasteiger partial charge in [0, 0.05) is 18.3 Å². The van der Waals surface area contributed by atoms with E-state index >= 15 is 0 Å². The minimum atomic E-state index is -4.51. The van der Waals surface area contributed by atoms with Crippen molar-refractivity contribution in [2.24, 2.45) is 5.92 Å². The van der Waals surface area contributed by atoms with Crippen LogP contribution in [0.25, 0.3) is 0 Å². The predicted octanol–water partition coefficient (Wildman–Crippen LogP) is 3.08. The van der Waals surface area contributed by atoms with E-state index < -0.39 is 24.7 Å². The van der Waals surface area contributed by atoms with Gasteiger partial charge < -0.3 is 14.8 Å². The Morgan fingerprint density at radius 2 is 1.90 bits per heavy atom. The van der Waals surface area contributed by atoms with Crippen LogP contribution in [0.5, 0.6) is 11.6 Å². The highest BCUT2D eigenvalue weighted by Gasteiger charge is 2.29. The first kappa shape index (κ1) is 24.0. The first-order valence-corrected chi connectivity index (χ1v) is 9.39. The highest BCUT2D eigenvalue weighted by molar-refractivity contribution is 5.92. The van der Waals surface area contributed by atoms with Crippen molar-refractivity contribution in [3.63, 3.8) is 0 Å². The molecule has 11 heteroatoms. The molecular formula is C20H23F3N4O4. The summed E-state index contributed by atoms with van der Waals surface area (Å²) in [7, 11) is 1.27. The number of alkyl halides is 3. The number of hydrogen-bond acceptors (Lipinski definition) is 7. The molecule has 0 aliphatic heterocycles. The lowest BCUT2D eigenvalue weighted by atomic mass is 10.1. The fraction of sp³-hybridized carbons (Fsp3) is 0.450. The Hall–Kier alpha value is -3.24. The fourth-order valence-electron chi connectivity index (χ4n) is 2.41. The molecule has 31 heavy (non-hydrogen) atoms. The Bertz CT molecular complexity index is 935. The lowest BCUT2D eigenvalue weighted by Gasteiger charge is -2.17. The second-order valence-electron chi connectivity index (χ2n) is 7.03. The number of rotatable bonds is 9. The van der Waals surface area contributed by atoms with Crippen LogP contribution in [-0.2, 0) is 11.2 Å². The van der Waals surface area contributed by atoms with Crippen LogP contribution in [0.2, 0.25) is 0 Å². The molecule has 168 valence electrons. The normalized spacial score (nSPS) is 12.4. The lowest BCUT2D eigenvalue weighted by Crippen LogP contribution is -2.28. The highest BCUT2D eigenvalue weighted by Crippen LogP contribution is 2.29. The number of methoxy groups -OCH3 is 1. The summed E-state index contributed by atoms with van der Waals surface area (Å²) in [6, 6.07) is 2.27. The largest absolute Gasteiger partial charge is 0.491 e. The quantitative estimate of drug-likeness (QED) is 0.639. The molecule has 0 radical (unpaired) electrons. The van der Waals surface area contributed by atoms with Crippen LogP contribution in [0.15, 0.2) is 24.5 Å². The summed E-state index contributed by atoms with van der Waals surface area (Å²) >= 11 is 0. The predicted molar refractivity (Wildman–Crippen MR) is 104 cm³/mol. The minimum absolute atomic E-state index is 0.000584. The molecule has 8 nitrogen and oxygen atoms in total. The maximum absolute atomic E-state index is 12.5. The Morgan fingerprint density at radius 3 is 2.52 bits per heavy atom. The van der Waals surface area contributed by atoms with Crippen molar-refractivity contribution in [3.8, 4) is 11.6 Å². The van der Waals surface area contributed by atoms with E-state index in [1.54, 1.807) is 20.8 Å². The number of aromatic nitrogens is 3. The highest BCUT2D eigenvalue weighted by atomic mass is 19.4. The number of hydrogen-bond donors (Lipinski definition) is 1. The molecule has 0 saturated heterocycles. The topological polar surface area (TPSA) is 103 Å². The number of amides is 1. The molecule has 0 fully saturated rings. The van der Waals surface area contributed by atoms with Crippen LogP contribution >= 0.6 is 0 Å². The van der Waals surface area contributed by atoms with Crippen LogP contribution in [0, 0.1) is 5.92 Å². The number of carbonyl (C=O) groups is 2. The zero-order valence-corrected chi connectivity index (χ0v) is 17.5. The summed E-state index contributed by atoms with van der Waals surface area (Å²) in [4.78, 5) is 36.4. The van der Waals surface area contributed by atoms with E-state index in [9.17, 15) is 22.8 Å². The van der Waals surface area contributed by atoms with E-state index in [1.807, 2.05) is 0 Å². The molecule has 1 unspecified atom stereocenters. The summed E-state index contributed by atoms with van der Waals surface area (Å²) in [5.41, 5.74) is 0.562. The SMILES string of the molecule is COc1cc(C(C)NC(=O)c2ccnc(CC(=O)C(C)C)n2)cnc1OCC(F)(F)F. The first-order valence-electron chi connectivity index (χ1n) is 9.39. The van der Waals surface area contributed by atoms with Gasteiger partial charge in [-0.2, -0.15) is 13.2 Å². The molecule has 0 spiro atoms. The van der Waals surface area contributed by atoms with Crippen LogP contribution < -0.4 is 14.8 Å². The molecule has 2 rings (SSSR count). The van der Waals surface area contributed by atoms with Gasteiger partial charge in [0.25, 0.3) is 11.8 Å². The van der Waals surface area contributed by atoms with Crippen LogP contribution in [0.1, 0.15) is 48.7 Å². The maximum Gasteiger partial charge on any atom is 0.422 e. The average molecular weight is 440 g/mol. The molecule has 0 bridgehead atoms. The van der Waals surface area contributed by atoms with Crippen molar-refractivity contribution in [3.05, 3.63) is 41.6 Å². The van der Waals surface area contributed by atoms with E-state index in [-0.39, 0.29) is 41.3 Å². The van der Waals surface area contributed by atoms with Gasteiger partial charge in [-0.25, -0.2) is 15.0 Å². The Balaban J connectivity index is 2.09. The van der Waals surface area contributed by atoms with Crippen molar-refractivity contribution in [2.75, 3.05) is 13.7 Å². The zero-order chi connectivity index (χ0) is 23.2. The van der Waals surface area contributed by atoms with Gasteiger partial charge in [-0.15, -0.1) is 0 Å². The van der Waals surface area contributed by atoms with Crippen molar-refractivity contribution in [1.29, 1.82) is 0 Å². The van der Waals surface area contributed by atoms with E-state index in [4.69, 9.17) is 4.74 Å². The van der Waals surface area contributed by atoms with Crippen molar-refractivity contribution < 1.29 is 32.2 Å². The Morgan fingerprint density at radius 1 is 1.19 bits per heavy atom. The van der Waals surface area contributed by atoms with Gasteiger partial charge in [-0.1, -0.05) is 13.8 Å². The number of carbonyl (C=O) groups excluding carboxylic acids is 2.